The topological polar surface area (TPSA) is 264 Å². The molecule has 0 saturated heterocycles. The molecule has 0 aliphatic carbocycles. The van der Waals surface area contributed by atoms with Gasteiger partial charge in [-0.2, -0.15) is 0 Å². The Morgan fingerprint density at radius 3 is 1.30 bits per heavy atom. The number of hydrogen-bond acceptors (Lipinski definition) is 17. The Balaban J connectivity index is 0.000000322. The van der Waals surface area contributed by atoms with E-state index in [1.54, 1.807) is 109 Å². The number of nitrogens with one attached hydrogen (secondary N) is 1. The standard InChI is InChI=1S/C22H25FN2O5.C17H19FN2O.C17H28NO5P.C9H8FNO4/c1-22(2,3)30-21(26)24(4)18-10-7-16(8-11-18)5-6-17-9-12-20(29-14-13-23)19(15-17)25(27)28;1-20-15-7-4-13(5-8-15)2-3-14-6-9-17(16(19)12-14)21-11-10-18;1-7-21-24(20,22-8-2)13-14-9-11-15(12-10-14)18(6)16(19)23-17(3,4)5;10-3-4-15-9-2-1-7(6-12)5-8(9)11(13)14/h5-12,15H,13-14H2,1-4H3;2-9,12,20H,10-11,19H2,1H3;9-12H,7-8,13H2,1-6H3;1-2,5-6H,3-4H2/b6-5+;3-2+;;. The number of rotatable bonds is 25. The molecule has 0 aliphatic heterocycles. The summed E-state index contributed by atoms with van der Waals surface area (Å²) in [7, 11) is 2.03. The van der Waals surface area contributed by atoms with E-state index in [4.69, 9.17) is 38.5 Å². The second-order valence-electron chi connectivity index (χ2n) is 21.0. The molecule has 0 heterocycles. The van der Waals surface area contributed by atoms with Gasteiger partial charge < -0.3 is 43.8 Å². The highest BCUT2D eigenvalue weighted by Crippen LogP contribution is 2.51. The van der Waals surface area contributed by atoms with Crippen LogP contribution in [0.4, 0.5) is 56.9 Å². The Kier molecular flexibility index (Phi) is 31.3. The number of aldehydes is 1. The van der Waals surface area contributed by atoms with Crippen molar-refractivity contribution >= 4 is 84.5 Å². The number of amides is 2. The number of carbonyl (C=O) groups is 3. The largest absolute Gasteiger partial charge is 0.489 e. The highest BCUT2D eigenvalue weighted by molar-refractivity contribution is 7.53. The molecule has 0 saturated carbocycles. The first-order chi connectivity index (χ1) is 42.6. The lowest BCUT2D eigenvalue weighted by atomic mass is 10.1. The summed E-state index contributed by atoms with van der Waals surface area (Å²) in [6.07, 6.45) is 7.31. The van der Waals surface area contributed by atoms with E-state index in [0.717, 1.165) is 34.0 Å². The number of anilines is 4. The second-order valence-corrected chi connectivity index (χ2v) is 23.0. The monoisotopic (exact) mass is 1270 g/mol. The molecule has 0 atom stereocenters. The predicted octanol–water partition coefficient (Wildman–Crippen LogP) is 15.9. The summed E-state index contributed by atoms with van der Waals surface area (Å²) in [6, 6.07) is 36.1. The summed E-state index contributed by atoms with van der Waals surface area (Å²) in [6.45, 7) is 12.7. The fourth-order valence-electron chi connectivity index (χ4n) is 7.42. The Morgan fingerprint density at radius 1 is 0.567 bits per heavy atom. The van der Waals surface area contributed by atoms with E-state index in [1.165, 1.54) is 34.1 Å². The molecule has 21 nitrogen and oxygen atoms in total. The van der Waals surface area contributed by atoms with Crippen molar-refractivity contribution in [2.24, 2.45) is 0 Å². The van der Waals surface area contributed by atoms with Gasteiger partial charge in [0.05, 0.1) is 34.9 Å². The van der Waals surface area contributed by atoms with Crippen LogP contribution in [0.25, 0.3) is 24.3 Å². The highest BCUT2D eigenvalue weighted by atomic mass is 31.2. The third-order valence-corrected chi connectivity index (χ3v) is 13.7. The van der Waals surface area contributed by atoms with Crippen LogP contribution in [0.1, 0.15) is 93.6 Å². The summed E-state index contributed by atoms with van der Waals surface area (Å²) >= 11 is 0. The molecular weight excluding hydrogens is 1190 g/mol. The van der Waals surface area contributed by atoms with Gasteiger partial charge in [-0.15, -0.1) is 0 Å². The van der Waals surface area contributed by atoms with Crippen molar-refractivity contribution in [3.63, 3.8) is 0 Å². The van der Waals surface area contributed by atoms with E-state index in [-0.39, 0.29) is 54.4 Å². The molecule has 3 N–H and O–H groups in total. The zero-order valence-electron chi connectivity index (χ0n) is 52.4. The number of halogens is 3. The van der Waals surface area contributed by atoms with Gasteiger partial charge >= 0.3 is 31.2 Å². The van der Waals surface area contributed by atoms with Gasteiger partial charge in [0, 0.05) is 55.9 Å². The molecule has 0 unspecified atom stereocenters. The lowest BCUT2D eigenvalue weighted by molar-refractivity contribution is -0.386. The van der Waals surface area contributed by atoms with Gasteiger partial charge in [0.25, 0.3) is 0 Å². The molecule has 2 amide bonds. The highest BCUT2D eigenvalue weighted by Gasteiger charge is 2.26. The Bertz CT molecular complexity index is 3350. The van der Waals surface area contributed by atoms with Crippen LogP contribution in [0.5, 0.6) is 17.2 Å². The molecule has 25 heteroatoms. The zero-order valence-corrected chi connectivity index (χ0v) is 53.3. The third kappa shape index (κ3) is 27.0. The van der Waals surface area contributed by atoms with Gasteiger partial charge in [-0.25, -0.2) is 22.8 Å². The molecular formula is C65H80F3N6O15P. The molecule has 0 fully saturated rings. The zero-order chi connectivity index (χ0) is 67.0. The van der Waals surface area contributed by atoms with Gasteiger partial charge in [-0.1, -0.05) is 72.8 Å². The van der Waals surface area contributed by atoms with Crippen LogP contribution < -0.4 is 35.1 Å². The maximum atomic E-state index is 12.5. The summed E-state index contributed by atoms with van der Waals surface area (Å²) in [4.78, 5) is 58.0. The van der Waals surface area contributed by atoms with Crippen LogP contribution in [-0.4, -0.2) is 114 Å². The van der Waals surface area contributed by atoms with Crippen molar-refractivity contribution < 1.29 is 74.7 Å². The maximum Gasteiger partial charge on any atom is 0.414 e. The van der Waals surface area contributed by atoms with Crippen molar-refractivity contribution in [2.75, 3.05) is 95.1 Å². The molecule has 6 aromatic rings. The van der Waals surface area contributed by atoms with Gasteiger partial charge in [0.15, 0.2) is 11.5 Å². The number of benzene rings is 6. The minimum atomic E-state index is -3.13. The van der Waals surface area contributed by atoms with Crippen molar-refractivity contribution in [1.29, 1.82) is 0 Å². The number of nitrogens with zero attached hydrogens (tertiary/aromatic N) is 4. The first-order valence-corrected chi connectivity index (χ1v) is 30.0. The minimum absolute atomic E-state index is 0.0250. The van der Waals surface area contributed by atoms with Crippen LogP contribution in [0, 0.1) is 20.2 Å². The fraction of sp³-hybridized carbons (Fsp3) is 0.338. The molecule has 6 aromatic carbocycles. The van der Waals surface area contributed by atoms with Gasteiger partial charge in [-0.05, 0) is 150 Å². The molecule has 486 valence electrons. The number of ether oxygens (including phenoxy) is 5. The number of hydrogen-bond donors (Lipinski definition) is 2. The average Bonchev–Trinajstić information content (AvgIpc) is 1.51. The summed E-state index contributed by atoms with van der Waals surface area (Å²) in [5, 5.41) is 24.9. The van der Waals surface area contributed by atoms with E-state index in [2.05, 4.69) is 5.32 Å². The van der Waals surface area contributed by atoms with Crippen LogP contribution in [0.15, 0.2) is 127 Å². The first-order valence-electron chi connectivity index (χ1n) is 28.2. The van der Waals surface area contributed by atoms with Gasteiger partial charge in [0.2, 0.25) is 0 Å². The number of alkyl halides is 3. The quantitative estimate of drug-likeness (QED) is 0.0135. The van der Waals surface area contributed by atoms with Crippen molar-refractivity contribution in [3.8, 4) is 17.2 Å². The van der Waals surface area contributed by atoms with Crippen molar-refractivity contribution in [3.05, 3.63) is 181 Å². The fourth-order valence-corrected chi connectivity index (χ4v) is 9.12. The van der Waals surface area contributed by atoms with E-state index in [0.29, 0.717) is 47.9 Å². The predicted molar refractivity (Wildman–Crippen MR) is 347 cm³/mol. The van der Waals surface area contributed by atoms with Gasteiger partial charge in [-0.3, -0.25) is 39.4 Å². The second kappa shape index (κ2) is 37.6. The lowest BCUT2D eigenvalue weighted by Crippen LogP contribution is -2.34. The normalized spacial score (nSPS) is 11.1. The summed E-state index contributed by atoms with van der Waals surface area (Å²) in [5.41, 5.74) is 11.7. The Morgan fingerprint density at radius 2 is 0.922 bits per heavy atom. The molecule has 0 aromatic heterocycles. The lowest BCUT2D eigenvalue weighted by Gasteiger charge is -2.25. The number of nitrogens with two attached hydrogens (primary N) is 1. The third-order valence-electron chi connectivity index (χ3n) is 11.6. The van der Waals surface area contributed by atoms with Gasteiger partial charge in [0.1, 0.15) is 63.1 Å². The number of carbonyl (C=O) groups excluding carboxylic acids is 3. The first kappa shape index (κ1) is 75.0. The number of nitro groups is 2. The smallest absolute Gasteiger partial charge is 0.414 e. The maximum absolute atomic E-state index is 12.5. The SMILES string of the molecule is CCOP(=O)(Cc1ccc(N(C)C(=O)OC(C)(C)C)cc1)OCC.CN(C(=O)OC(C)(C)C)c1ccc(/C=C/c2ccc(OCCF)c([N+](=O)[O-])c2)cc1.CNc1ccc(/C=C/c2ccc(OCCF)c(N)c2)cc1.O=Cc1ccc(OCCF)c([N+](=O)[O-])c1. The minimum Gasteiger partial charge on any atom is -0.489 e. The van der Waals surface area contributed by atoms with Crippen LogP contribution >= 0.6 is 7.60 Å². The van der Waals surface area contributed by atoms with Crippen molar-refractivity contribution in [2.45, 2.75) is 72.8 Å². The number of nitro benzene ring substituents is 2. The Labute approximate surface area is 523 Å². The van der Waals surface area contributed by atoms with Crippen LogP contribution in [-0.2, 0) is 29.2 Å². The van der Waals surface area contributed by atoms with E-state index in [9.17, 15) is 52.3 Å². The van der Waals surface area contributed by atoms with E-state index < -0.39 is 60.9 Å². The Hall–Kier alpha value is -9.25. The molecule has 90 heavy (non-hydrogen) atoms. The average molecular weight is 1270 g/mol. The van der Waals surface area contributed by atoms with E-state index >= 15 is 0 Å². The molecule has 0 aliphatic rings. The molecule has 6 rings (SSSR count). The molecule has 0 bridgehead atoms. The van der Waals surface area contributed by atoms with Crippen LogP contribution in [0.3, 0.4) is 0 Å². The summed E-state index contributed by atoms with van der Waals surface area (Å²) < 4.78 is 85.0. The van der Waals surface area contributed by atoms with Crippen LogP contribution in [0.2, 0.25) is 0 Å². The number of nitrogen functional groups attached to an aromatic ring is 1. The van der Waals surface area contributed by atoms with Crippen molar-refractivity contribution in [1.82, 2.24) is 0 Å². The molecule has 0 spiro atoms. The summed E-state index contributed by atoms with van der Waals surface area (Å²) in [5.74, 6) is 0.510. The molecule has 0 radical (unpaired) electrons. The van der Waals surface area contributed by atoms with E-state index in [1.807, 2.05) is 88.5 Å².